The van der Waals surface area contributed by atoms with E-state index in [2.05, 4.69) is 21.3 Å². The van der Waals surface area contributed by atoms with Crippen molar-refractivity contribution < 1.29 is 208 Å². The molecule has 0 saturated carbocycles. The standard InChI is InChI=1S/C56H92N4O42/c1-14(67)57-27-18(71)5-55(53(86)87,99-43(27)31(75)20(73)7-61)101-45-34(78)22(9-63)92-51(39(45)83)96-41-24(11-65)94-49(29(36(41)80)59-16(3)69)90-13-26-33(77)38(82)47(48(85)91-26)98-50-30(60-17(4)70)37(81)42(25(12-66)95-50)97-52-40(84)46(35(79)23(10-64)93-52)102-56(54(88)89)6-19(72)28(58-15(2)68)44(100-56)32(76)21(74)8-62/h18-52,61-66,71-85H,5-13H2,1-4H3,(H,57,67)(H,58,68)(H,59,69)(H,60,70)(H,86,87)(H,88,89)/t18-,19-,20+,21+,22+,23+,24+,25+,26+,27+,28+,29+,30+,31+,32+,33+,34-,35-,36+,37+,38-,39+,40+,41+,42+,43+,44+,45-,46-,47-,48?,49+,50-,51-,52-,55-,56-/m0/s1. The first kappa shape index (κ1) is 84.7. The molecule has 0 radical (unpaired) electrons. The van der Waals surface area contributed by atoms with Gasteiger partial charge in [0.25, 0.3) is 11.6 Å². The van der Waals surface area contributed by atoms with E-state index in [0.717, 1.165) is 27.7 Å². The summed E-state index contributed by atoms with van der Waals surface area (Å²) in [7, 11) is 0. The van der Waals surface area contributed by atoms with Gasteiger partial charge in [-0.15, -0.1) is 0 Å². The van der Waals surface area contributed by atoms with E-state index in [1.165, 1.54) is 0 Å². The van der Waals surface area contributed by atoms with Crippen molar-refractivity contribution in [3.05, 3.63) is 0 Å². The van der Waals surface area contributed by atoms with E-state index in [9.17, 15) is 146 Å². The Hall–Kier alpha value is -4.54. The zero-order chi connectivity index (χ0) is 76.1. The van der Waals surface area contributed by atoms with Crippen molar-refractivity contribution in [1.82, 2.24) is 21.3 Å². The molecule has 46 nitrogen and oxygen atoms in total. The van der Waals surface area contributed by atoms with Gasteiger partial charge in [0, 0.05) is 40.5 Å². The number of hydrogen-bond acceptors (Lipinski definition) is 40. The van der Waals surface area contributed by atoms with Gasteiger partial charge in [-0.1, -0.05) is 0 Å². The van der Waals surface area contributed by atoms with Gasteiger partial charge in [-0.25, -0.2) is 9.59 Å². The first-order valence-corrected chi connectivity index (χ1v) is 31.9. The monoisotopic (exact) mass is 1490 g/mol. The van der Waals surface area contributed by atoms with Crippen molar-refractivity contribution in [2.24, 2.45) is 0 Å². The number of carbonyl (C=O) groups excluding carboxylic acids is 4. The van der Waals surface area contributed by atoms with Gasteiger partial charge in [-0.2, -0.15) is 0 Å². The summed E-state index contributed by atoms with van der Waals surface area (Å²) in [4.78, 5) is 75.7. The topological polar surface area (TPSA) is 736 Å². The normalized spacial score (nSPS) is 44.6. The highest BCUT2D eigenvalue weighted by atomic mass is 16.8. The number of carboxylic acid groups (broad SMARTS) is 2. The molecule has 46 heteroatoms. The zero-order valence-electron chi connectivity index (χ0n) is 54.6. The molecule has 0 aromatic rings. The number of carboxylic acids is 2. The minimum absolute atomic E-state index is 0.843. The number of aliphatic carboxylic acids is 2. The number of nitrogens with one attached hydrogen (secondary N) is 4. The molecule has 102 heavy (non-hydrogen) atoms. The fourth-order valence-corrected chi connectivity index (χ4v) is 12.9. The lowest BCUT2D eigenvalue weighted by molar-refractivity contribution is -0.388. The summed E-state index contributed by atoms with van der Waals surface area (Å²) >= 11 is 0. The summed E-state index contributed by atoms with van der Waals surface area (Å²) in [6.07, 6.45) is -68.6. The fraction of sp³-hybridized carbons (Fsp3) is 0.893. The van der Waals surface area contributed by atoms with Crippen molar-refractivity contribution in [3.8, 4) is 0 Å². The molecule has 7 heterocycles. The predicted molar refractivity (Wildman–Crippen MR) is 313 cm³/mol. The minimum atomic E-state index is -3.23. The Morgan fingerprint density at radius 1 is 0.402 bits per heavy atom. The zero-order valence-corrected chi connectivity index (χ0v) is 54.6. The van der Waals surface area contributed by atoms with E-state index in [-0.39, 0.29) is 0 Å². The molecule has 4 amide bonds. The van der Waals surface area contributed by atoms with Gasteiger partial charge in [0.2, 0.25) is 23.6 Å². The molecule has 7 saturated heterocycles. The molecule has 0 spiro atoms. The van der Waals surface area contributed by atoms with Crippen LogP contribution in [0.25, 0.3) is 0 Å². The van der Waals surface area contributed by atoms with E-state index >= 15 is 0 Å². The largest absolute Gasteiger partial charge is 0.477 e. The van der Waals surface area contributed by atoms with E-state index in [1.807, 2.05) is 0 Å². The van der Waals surface area contributed by atoms with E-state index in [4.69, 9.17) is 61.6 Å². The average Bonchev–Trinajstić information content (AvgIpc) is 0.760. The number of amides is 4. The van der Waals surface area contributed by atoms with Crippen molar-refractivity contribution in [2.75, 3.05) is 46.2 Å². The highest BCUT2D eigenvalue weighted by Crippen LogP contribution is 2.42. The van der Waals surface area contributed by atoms with Crippen molar-refractivity contribution >= 4 is 35.6 Å². The predicted octanol–water partition coefficient (Wildman–Crippen LogP) is -17.3. The average molecular weight is 1490 g/mol. The summed E-state index contributed by atoms with van der Waals surface area (Å²) in [5.74, 6) is -14.2. The Kier molecular flexibility index (Phi) is 29.8. The Morgan fingerprint density at radius 2 is 0.745 bits per heavy atom. The number of carbonyl (C=O) groups is 6. The summed E-state index contributed by atoms with van der Waals surface area (Å²) in [6, 6.07) is -7.12. The molecule has 7 aliphatic rings. The number of aliphatic hydroxyl groups is 21. The summed E-state index contributed by atoms with van der Waals surface area (Å²) in [5, 5.41) is 260. The Bertz CT molecular complexity index is 2770. The quantitative estimate of drug-likeness (QED) is 0.0331. The molecule has 27 N–H and O–H groups in total. The van der Waals surface area contributed by atoms with Crippen LogP contribution in [0.3, 0.4) is 0 Å². The molecule has 7 rings (SSSR count). The SMILES string of the molecule is CC(=O)N[C@H]1[C@H](OC[C@H]2OC(O)[C@@H](O[C@@H]3O[C@H](CO)[C@@H](O[C@@H]4O[C@H](CO)[C@H](O)[C@H](O[C@]5(C(=O)O)C[C@H](O)[C@@H](NC(C)=O)[C@H]([C@H](O)[C@H](O)CO)O5)[C@H]4O)[C@H](O)[C@H]3NC(C)=O)[C@@H](O)[C@@H]2O)O[C@H](CO)[C@@H](O[C@@H]2O[C@H](CO)[C@H](O)[C@H](O[C@]3(C(=O)O)C[C@H](O)[C@@H](NC(C)=O)[C@H]([C@H](O)[C@H](O)CO)O3)[C@H]2O)[C@@H]1O. The van der Waals surface area contributed by atoms with Gasteiger partial charge >= 0.3 is 11.9 Å². The van der Waals surface area contributed by atoms with Crippen molar-refractivity contribution in [1.29, 1.82) is 0 Å². The number of rotatable bonds is 29. The minimum Gasteiger partial charge on any atom is -0.477 e. The van der Waals surface area contributed by atoms with Gasteiger partial charge in [0.1, 0.15) is 159 Å². The molecule has 7 aliphatic heterocycles. The third kappa shape index (κ3) is 18.5. The number of aliphatic hydroxyl groups excluding tert-OH is 21. The van der Waals surface area contributed by atoms with Crippen LogP contribution in [0.4, 0.5) is 0 Å². The fourth-order valence-electron chi connectivity index (χ4n) is 12.9. The maximum atomic E-state index is 13.1. The third-order valence-corrected chi connectivity index (χ3v) is 18.1. The van der Waals surface area contributed by atoms with Gasteiger partial charge in [0.05, 0.1) is 70.5 Å². The lowest BCUT2D eigenvalue weighted by atomic mass is 9.88. The smallest absolute Gasteiger partial charge is 0.364 e. The maximum absolute atomic E-state index is 13.1. The molecule has 0 aliphatic carbocycles. The van der Waals surface area contributed by atoms with E-state index in [0.29, 0.717) is 0 Å². The van der Waals surface area contributed by atoms with E-state index < -0.39 is 321 Å². The van der Waals surface area contributed by atoms with Gasteiger partial charge in [0.15, 0.2) is 31.5 Å². The lowest BCUT2D eigenvalue weighted by Crippen LogP contribution is -2.71. The second kappa shape index (κ2) is 35.9. The number of hydrogen-bond donors (Lipinski definition) is 27. The lowest BCUT2D eigenvalue weighted by Gasteiger charge is -2.51. The molecule has 1 unspecified atom stereocenters. The first-order valence-electron chi connectivity index (χ1n) is 31.9. The molecular weight excluding hydrogens is 1400 g/mol. The molecule has 0 bridgehead atoms. The second-order valence-electron chi connectivity index (χ2n) is 25.4. The first-order chi connectivity index (χ1) is 47.9. The Morgan fingerprint density at radius 3 is 1.10 bits per heavy atom. The van der Waals surface area contributed by atoms with Crippen LogP contribution >= 0.6 is 0 Å². The molecule has 588 valence electrons. The Labute approximate surface area is 576 Å². The molecule has 0 aromatic carbocycles. The Balaban J connectivity index is 1.04. The second-order valence-corrected chi connectivity index (χ2v) is 25.4. The molecule has 7 fully saturated rings. The van der Waals surface area contributed by atoms with Crippen LogP contribution in [0.15, 0.2) is 0 Å². The van der Waals surface area contributed by atoms with Crippen LogP contribution in [-0.4, -0.2) is 425 Å². The maximum Gasteiger partial charge on any atom is 0.364 e. The summed E-state index contributed by atoms with van der Waals surface area (Å²) < 4.78 is 74.4. The highest BCUT2D eigenvalue weighted by Gasteiger charge is 2.64. The van der Waals surface area contributed by atoms with Gasteiger partial charge < -0.3 is 200 Å². The van der Waals surface area contributed by atoms with Crippen LogP contribution in [0, 0.1) is 0 Å². The van der Waals surface area contributed by atoms with Crippen LogP contribution < -0.4 is 21.3 Å². The summed E-state index contributed by atoms with van der Waals surface area (Å²) in [6.45, 7) is -4.08. The van der Waals surface area contributed by atoms with Crippen LogP contribution in [0.2, 0.25) is 0 Å². The molecule has 37 atom stereocenters. The van der Waals surface area contributed by atoms with E-state index in [1.54, 1.807) is 0 Å². The van der Waals surface area contributed by atoms with Crippen LogP contribution in [-0.2, 0) is 90.3 Å². The third-order valence-electron chi connectivity index (χ3n) is 18.1. The van der Waals surface area contributed by atoms with Crippen LogP contribution in [0.1, 0.15) is 40.5 Å². The molecular formula is C56H92N4O42. The van der Waals surface area contributed by atoms with Crippen LogP contribution in [0.5, 0.6) is 0 Å². The van der Waals surface area contributed by atoms with Gasteiger partial charge in [-0.05, 0) is 0 Å². The van der Waals surface area contributed by atoms with Crippen molar-refractivity contribution in [2.45, 2.75) is 266 Å². The van der Waals surface area contributed by atoms with Crippen molar-refractivity contribution in [3.63, 3.8) is 0 Å². The number of ether oxygens (including phenoxy) is 13. The highest BCUT2D eigenvalue weighted by molar-refractivity contribution is 5.78. The molecule has 0 aromatic heterocycles. The summed E-state index contributed by atoms with van der Waals surface area (Å²) in [5.41, 5.74) is 0. The van der Waals surface area contributed by atoms with Gasteiger partial charge in [-0.3, -0.25) is 19.2 Å².